The average molecular weight is 342 g/mol. The molecule has 2 rings (SSSR count). The molecule has 0 saturated carbocycles. The Morgan fingerprint density at radius 2 is 1.62 bits per heavy atom. The van der Waals surface area contributed by atoms with E-state index in [1.807, 2.05) is 0 Å². The molecule has 24 heavy (non-hydrogen) atoms. The van der Waals surface area contributed by atoms with Crippen molar-refractivity contribution in [2.75, 3.05) is 4.72 Å². The fourth-order valence-corrected chi connectivity index (χ4v) is 2.99. The van der Waals surface area contributed by atoms with E-state index in [0.717, 1.165) is 17.7 Å². The van der Waals surface area contributed by atoms with Crippen LogP contribution in [0.2, 0.25) is 0 Å². The van der Waals surface area contributed by atoms with Crippen molar-refractivity contribution in [3.63, 3.8) is 0 Å². The quantitative estimate of drug-likeness (QED) is 0.669. The van der Waals surface area contributed by atoms with Gasteiger partial charge in [0.05, 0.1) is 20.9 Å². The number of rotatable bonds is 4. The van der Waals surface area contributed by atoms with Crippen LogP contribution in [0.4, 0.5) is 11.4 Å². The molecule has 1 N–H and O–H groups in total. The maximum absolute atomic E-state index is 12.4. The Balaban J connectivity index is 2.56. The van der Waals surface area contributed by atoms with Gasteiger partial charge in [0.25, 0.3) is 15.7 Å². The van der Waals surface area contributed by atoms with Gasteiger partial charge in [-0.3, -0.25) is 14.8 Å². The molecular formula is C15H10N4O4S. The van der Waals surface area contributed by atoms with Crippen LogP contribution in [0.3, 0.4) is 0 Å². The van der Waals surface area contributed by atoms with Crippen LogP contribution in [-0.2, 0) is 10.0 Å². The van der Waals surface area contributed by atoms with Gasteiger partial charge in [0.2, 0.25) is 0 Å². The third kappa shape index (κ3) is 3.32. The van der Waals surface area contributed by atoms with E-state index in [-0.39, 0.29) is 21.7 Å². The van der Waals surface area contributed by atoms with Crippen LogP contribution in [0, 0.1) is 39.7 Å². The Morgan fingerprint density at radius 1 is 1.08 bits per heavy atom. The van der Waals surface area contributed by atoms with Crippen LogP contribution in [0.15, 0.2) is 41.3 Å². The lowest BCUT2D eigenvalue weighted by Gasteiger charge is -2.09. The third-order valence-electron chi connectivity index (χ3n) is 3.15. The number of nitro groups is 1. The van der Waals surface area contributed by atoms with Crippen molar-refractivity contribution < 1.29 is 13.3 Å². The molecule has 0 aliphatic heterocycles. The van der Waals surface area contributed by atoms with E-state index in [1.165, 1.54) is 12.1 Å². The van der Waals surface area contributed by atoms with E-state index in [9.17, 15) is 18.5 Å². The van der Waals surface area contributed by atoms with E-state index >= 15 is 0 Å². The number of hydrogen-bond donors (Lipinski definition) is 1. The molecule has 2 aromatic rings. The van der Waals surface area contributed by atoms with Gasteiger partial charge >= 0.3 is 0 Å². The second-order valence-corrected chi connectivity index (χ2v) is 6.50. The predicted molar refractivity (Wildman–Crippen MR) is 84.5 cm³/mol. The first-order valence-corrected chi connectivity index (χ1v) is 7.99. The first-order chi connectivity index (χ1) is 11.3. The summed E-state index contributed by atoms with van der Waals surface area (Å²) in [5, 5.41) is 29.1. The Morgan fingerprint density at radius 3 is 2.12 bits per heavy atom. The van der Waals surface area contributed by atoms with Crippen molar-refractivity contribution in [3.8, 4) is 12.1 Å². The molecule has 2 aromatic carbocycles. The molecule has 0 bridgehead atoms. The topological polar surface area (TPSA) is 137 Å². The van der Waals surface area contributed by atoms with Crippen molar-refractivity contribution in [1.82, 2.24) is 0 Å². The zero-order valence-corrected chi connectivity index (χ0v) is 13.2. The van der Waals surface area contributed by atoms with Crippen LogP contribution in [0.25, 0.3) is 0 Å². The fourth-order valence-electron chi connectivity index (χ4n) is 1.93. The van der Waals surface area contributed by atoms with Crippen molar-refractivity contribution >= 4 is 21.4 Å². The highest BCUT2D eigenvalue weighted by Gasteiger charge is 2.23. The fraction of sp³-hybridized carbons (Fsp3) is 0.0667. The van der Waals surface area contributed by atoms with Gasteiger partial charge in [0.1, 0.15) is 17.8 Å². The zero-order valence-electron chi connectivity index (χ0n) is 12.3. The number of hydrogen-bond acceptors (Lipinski definition) is 6. The first kappa shape index (κ1) is 16.9. The van der Waals surface area contributed by atoms with Crippen LogP contribution in [0.1, 0.15) is 16.7 Å². The van der Waals surface area contributed by atoms with E-state index in [2.05, 4.69) is 4.72 Å². The van der Waals surface area contributed by atoms with Gasteiger partial charge in [0, 0.05) is 6.07 Å². The molecule has 8 nitrogen and oxygen atoms in total. The predicted octanol–water partition coefficient (Wildman–Crippen LogP) is 2.45. The van der Waals surface area contributed by atoms with E-state index in [1.54, 1.807) is 31.2 Å². The number of nitrogens with zero attached hydrogens (tertiary/aromatic N) is 3. The molecule has 0 radical (unpaired) electrons. The standard InChI is InChI=1S/C15H10N4O4S/c1-10-2-4-13(5-3-10)24(22,23)18-14-6-11(8-16)12(9-17)7-15(14)19(20)21/h2-7,18H,1H3. The van der Waals surface area contributed by atoms with Crippen LogP contribution in [0.5, 0.6) is 0 Å². The molecule has 120 valence electrons. The SMILES string of the molecule is Cc1ccc(S(=O)(=O)Nc2cc(C#N)c(C#N)cc2[N+](=O)[O-])cc1. The summed E-state index contributed by atoms with van der Waals surface area (Å²) in [6, 6.07) is 11.1. The zero-order chi connectivity index (χ0) is 17.9. The lowest BCUT2D eigenvalue weighted by Crippen LogP contribution is -2.14. The van der Waals surface area contributed by atoms with Gasteiger partial charge < -0.3 is 0 Å². The van der Waals surface area contributed by atoms with Crippen LogP contribution >= 0.6 is 0 Å². The van der Waals surface area contributed by atoms with Crippen molar-refractivity contribution in [3.05, 3.63) is 63.2 Å². The Hall–Kier alpha value is -3.43. The molecule has 0 spiro atoms. The molecule has 0 aliphatic rings. The molecular weight excluding hydrogens is 332 g/mol. The first-order valence-electron chi connectivity index (χ1n) is 6.50. The summed E-state index contributed by atoms with van der Waals surface area (Å²) >= 11 is 0. The number of sulfonamides is 1. The van der Waals surface area contributed by atoms with Crippen molar-refractivity contribution in [2.45, 2.75) is 11.8 Å². The summed E-state index contributed by atoms with van der Waals surface area (Å²) in [5.41, 5.74) is -0.505. The lowest BCUT2D eigenvalue weighted by atomic mass is 10.1. The van der Waals surface area contributed by atoms with E-state index < -0.39 is 20.6 Å². The maximum Gasteiger partial charge on any atom is 0.294 e. The lowest BCUT2D eigenvalue weighted by molar-refractivity contribution is -0.383. The van der Waals surface area contributed by atoms with Gasteiger partial charge in [-0.25, -0.2) is 8.42 Å². The highest BCUT2D eigenvalue weighted by Crippen LogP contribution is 2.30. The maximum atomic E-state index is 12.4. The summed E-state index contributed by atoms with van der Waals surface area (Å²) < 4.78 is 26.8. The van der Waals surface area contributed by atoms with Gasteiger partial charge in [-0.15, -0.1) is 0 Å². The molecule has 0 unspecified atom stereocenters. The molecule has 0 amide bonds. The average Bonchev–Trinajstić information content (AvgIpc) is 2.54. The minimum Gasteiger partial charge on any atom is -0.273 e. The molecule has 0 heterocycles. The normalized spacial score (nSPS) is 10.5. The molecule has 0 saturated heterocycles. The van der Waals surface area contributed by atoms with Gasteiger partial charge in [0.15, 0.2) is 0 Å². The monoisotopic (exact) mass is 342 g/mol. The Bertz CT molecular complexity index is 999. The van der Waals surface area contributed by atoms with Gasteiger partial charge in [-0.05, 0) is 25.1 Å². The van der Waals surface area contributed by atoms with Gasteiger partial charge in [-0.2, -0.15) is 10.5 Å². The van der Waals surface area contributed by atoms with Crippen molar-refractivity contribution in [2.24, 2.45) is 0 Å². The smallest absolute Gasteiger partial charge is 0.273 e. The second-order valence-electron chi connectivity index (χ2n) is 4.81. The third-order valence-corrected chi connectivity index (χ3v) is 4.53. The summed E-state index contributed by atoms with van der Waals surface area (Å²) in [6.45, 7) is 1.79. The molecule has 0 fully saturated rings. The van der Waals surface area contributed by atoms with Crippen LogP contribution < -0.4 is 4.72 Å². The number of nitriles is 2. The highest BCUT2D eigenvalue weighted by molar-refractivity contribution is 7.92. The number of benzene rings is 2. The minimum atomic E-state index is -4.08. The second kappa shape index (κ2) is 6.36. The molecule has 0 atom stereocenters. The number of nitro benzene ring substituents is 1. The van der Waals surface area contributed by atoms with Crippen LogP contribution in [-0.4, -0.2) is 13.3 Å². The molecule has 9 heteroatoms. The molecule has 0 aliphatic carbocycles. The summed E-state index contributed by atoms with van der Waals surface area (Å²) in [4.78, 5) is 10.2. The highest BCUT2D eigenvalue weighted by atomic mass is 32.2. The van der Waals surface area contributed by atoms with E-state index in [4.69, 9.17) is 10.5 Å². The summed E-state index contributed by atoms with van der Waals surface area (Å²) in [7, 11) is -4.08. The van der Waals surface area contributed by atoms with Crippen molar-refractivity contribution in [1.29, 1.82) is 10.5 Å². The number of nitrogens with one attached hydrogen (secondary N) is 1. The van der Waals surface area contributed by atoms with E-state index in [0.29, 0.717) is 0 Å². The molecule has 0 aromatic heterocycles. The number of aryl methyl sites for hydroxylation is 1. The summed E-state index contributed by atoms with van der Waals surface area (Å²) in [5.74, 6) is 0. The summed E-state index contributed by atoms with van der Waals surface area (Å²) in [6.07, 6.45) is 0. The largest absolute Gasteiger partial charge is 0.294 e. The number of anilines is 1. The minimum absolute atomic E-state index is 0.0785. The van der Waals surface area contributed by atoms with Gasteiger partial charge in [-0.1, -0.05) is 17.7 Å². The Labute approximate surface area is 137 Å². The Kier molecular flexibility index (Phi) is 4.49.